The number of anilines is 2. The third-order valence-electron chi connectivity index (χ3n) is 6.95. The fourth-order valence-electron chi connectivity index (χ4n) is 4.67. The van der Waals surface area contributed by atoms with Gasteiger partial charge in [0, 0.05) is 28.9 Å². The van der Waals surface area contributed by atoms with Crippen LogP contribution in [-0.4, -0.2) is 63.0 Å². The topological polar surface area (TPSA) is 175 Å². The van der Waals surface area contributed by atoms with E-state index < -0.39 is 30.1 Å². The number of ether oxygens (including phenoxy) is 2. The van der Waals surface area contributed by atoms with E-state index in [-0.39, 0.29) is 29.9 Å². The number of benzene rings is 4. The number of nitrogens with zero attached hydrogens (tertiary/aromatic N) is 2. The largest absolute Gasteiger partial charge is 0.494 e. The summed E-state index contributed by atoms with van der Waals surface area (Å²) >= 11 is 0. The number of alkyl halides is 6. The molecule has 0 atom stereocenters. The predicted octanol–water partition coefficient (Wildman–Crippen LogP) is 8.44. The molecule has 0 bridgehead atoms. The second-order valence-corrected chi connectivity index (χ2v) is 11.3. The van der Waals surface area contributed by atoms with Crippen LogP contribution in [0.5, 0.6) is 11.5 Å². The van der Waals surface area contributed by atoms with Gasteiger partial charge in [0.05, 0.1) is 36.8 Å². The molecule has 5 aromatic rings. The van der Waals surface area contributed by atoms with Gasteiger partial charge in [0.25, 0.3) is 0 Å². The first kappa shape index (κ1) is 42.1. The van der Waals surface area contributed by atoms with E-state index in [1.807, 2.05) is 39.0 Å². The summed E-state index contributed by atoms with van der Waals surface area (Å²) in [5, 5.41) is 24.3. The second kappa shape index (κ2) is 17.9. The summed E-state index contributed by atoms with van der Waals surface area (Å²) in [7, 11) is 0. The number of rotatable bonds is 10. The number of aromatic nitrogens is 2. The third-order valence-corrected chi connectivity index (χ3v) is 6.95. The molecule has 0 radical (unpaired) electrons. The van der Waals surface area contributed by atoms with Crippen LogP contribution in [-0.2, 0) is 16.1 Å². The molecule has 0 spiro atoms. The Labute approximate surface area is 303 Å². The van der Waals surface area contributed by atoms with E-state index >= 15 is 4.39 Å². The average Bonchev–Trinajstić information content (AvgIpc) is 3.56. The Kier molecular flexibility index (Phi) is 14.0. The summed E-state index contributed by atoms with van der Waals surface area (Å²) < 4.78 is 91.1. The number of halogens is 7. The first-order valence-corrected chi connectivity index (χ1v) is 15.7. The Bertz CT molecular complexity index is 2040. The Balaban J connectivity index is 0.000000476. The first-order valence-electron chi connectivity index (χ1n) is 15.7. The van der Waals surface area contributed by atoms with E-state index in [1.165, 1.54) is 0 Å². The zero-order chi connectivity index (χ0) is 40.4. The van der Waals surface area contributed by atoms with Crippen LogP contribution in [0.15, 0.2) is 85.1 Å². The van der Waals surface area contributed by atoms with E-state index in [0.717, 1.165) is 22.0 Å². The van der Waals surface area contributed by atoms with E-state index in [4.69, 9.17) is 40.4 Å². The highest BCUT2D eigenvalue weighted by Gasteiger charge is 2.39. The minimum Gasteiger partial charge on any atom is -0.494 e. The van der Waals surface area contributed by atoms with Gasteiger partial charge in [-0.25, -0.2) is 19.0 Å². The normalized spacial score (nSPS) is 11.2. The molecule has 0 fully saturated rings. The predicted molar refractivity (Wildman–Crippen MR) is 186 cm³/mol. The maximum absolute atomic E-state index is 16.0. The van der Waals surface area contributed by atoms with Crippen molar-refractivity contribution in [1.29, 1.82) is 5.41 Å². The number of aromatic amines is 1. The number of carbonyl (C=O) groups is 2. The molecule has 0 aliphatic carbocycles. The second-order valence-electron chi connectivity index (χ2n) is 11.3. The van der Waals surface area contributed by atoms with Gasteiger partial charge < -0.3 is 35.3 Å². The molecular weight excluding hydrogens is 731 g/mol. The summed E-state index contributed by atoms with van der Waals surface area (Å²) in [6.45, 7) is 6.23. The van der Waals surface area contributed by atoms with Crippen LogP contribution in [0.3, 0.4) is 0 Å². The van der Waals surface area contributed by atoms with Crippen LogP contribution in [0, 0.1) is 11.2 Å². The third kappa shape index (κ3) is 11.6. The lowest BCUT2D eigenvalue weighted by atomic mass is 10.0. The van der Waals surface area contributed by atoms with Crippen molar-refractivity contribution in [1.82, 2.24) is 9.97 Å². The summed E-state index contributed by atoms with van der Waals surface area (Å²) in [5.41, 5.74) is 9.12. The quantitative estimate of drug-likeness (QED) is 0.0531. The number of nitrogens with one attached hydrogen (secondary N) is 2. The van der Waals surface area contributed by atoms with Gasteiger partial charge in [0.2, 0.25) is 0 Å². The van der Waals surface area contributed by atoms with Gasteiger partial charge in [0.15, 0.2) is 11.6 Å². The van der Waals surface area contributed by atoms with Crippen LogP contribution in [0.1, 0.15) is 32.2 Å². The van der Waals surface area contributed by atoms with Gasteiger partial charge in [-0.15, -0.1) is 0 Å². The minimum absolute atomic E-state index is 0.0407. The van der Waals surface area contributed by atoms with Crippen LogP contribution >= 0.6 is 0 Å². The Morgan fingerprint density at radius 2 is 1.50 bits per heavy atom. The van der Waals surface area contributed by atoms with Crippen molar-refractivity contribution in [3.63, 3.8) is 0 Å². The Morgan fingerprint density at radius 1 is 0.926 bits per heavy atom. The molecule has 4 aromatic carbocycles. The van der Waals surface area contributed by atoms with Gasteiger partial charge >= 0.3 is 24.3 Å². The highest BCUT2D eigenvalue weighted by atomic mass is 19.4. The number of hydrogen-bond acceptors (Lipinski definition) is 7. The Morgan fingerprint density at radius 3 is 2.04 bits per heavy atom. The minimum atomic E-state index is -5.08. The van der Waals surface area contributed by atoms with Crippen molar-refractivity contribution in [2.24, 2.45) is 5.73 Å². The van der Waals surface area contributed by atoms with Gasteiger partial charge in [-0.3, -0.25) is 5.41 Å². The number of nitrogen functional groups attached to an aromatic ring is 1. The Hall–Kier alpha value is -6.33. The molecule has 0 saturated carbocycles. The van der Waals surface area contributed by atoms with E-state index in [9.17, 15) is 26.3 Å². The number of imidazole rings is 1. The average molecular weight is 766 g/mol. The number of carboxylic acids is 2. The van der Waals surface area contributed by atoms with Crippen molar-refractivity contribution < 1.29 is 60.0 Å². The number of amidine groups is 1. The molecule has 0 unspecified atom stereocenters. The van der Waals surface area contributed by atoms with Gasteiger partial charge in [-0.2, -0.15) is 26.3 Å². The number of aliphatic carboxylic acids is 2. The maximum Gasteiger partial charge on any atom is 0.490 e. The fraction of sp³-hybridized carbons (Fsp3) is 0.222. The molecule has 288 valence electrons. The lowest BCUT2D eigenvalue weighted by Crippen LogP contribution is -2.21. The molecule has 0 amide bonds. The number of H-pyrrole nitrogens is 1. The van der Waals surface area contributed by atoms with Crippen LogP contribution in [0.25, 0.3) is 22.0 Å². The van der Waals surface area contributed by atoms with Crippen LogP contribution < -0.4 is 20.1 Å². The monoisotopic (exact) mass is 765 g/mol. The van der Waals surface area contributed by atoms with Crippen LogP contribution in [0.2, 0.25) is 0 Å². The molecule has 1 aromatic heterocycles. The zero-order valence-corrected chi connectivity index (χ0v) is 28.7. The number of hydrogen-bond donors (Lipinski definition) is 5. The molecule has 6 N–H and O–H groups in total. The summed E-state index contributed by atoms with van der Waals surface area (Å²) in [4.78, 5) is 27.7. The highest BCUT2D eigenvalue weighted by Crippen LogP contribution is 2.38. The van der Waals surface area contributed by atoms with Crippen molar-refractivity contribution in [2.75, 3.05) is 11.5 Å². The lowest BCUT2D eigenvalue weighted by Gasteiger charge is -2.26. The number of nitrogens with two attached hydrogens (primary N) is 1. The smallest absolute Gasteiger partial charge is 0.490 e. The van der Waals surface area contributed by atoms with Crippen LogP contribution in [0.4, 0.5) is 42.1 Å². The molecular formula is C36H34F7N5O6. The molecule has 0 saturated heterocycles. The van der Waals surface area contributed by atoms with Gasteiger partial charge in [0.1, 0.15) is 17.4 Å². The summed E-state index contributed by atoms with van der Waals surface area (Å²) in [5.74, 6) is -4.81. The fourth-order valence-corrected chi connectivity index (χ4v) is 4.67. The van der Waals surface area contributed by atoms with Gasteiger partial charge in [-0.1, -0.05) is 42.5 Å². The van der Waals surface area contributed by atoms with Crippen molar-refractivity contribution in [2.45, 2.75) is 45.8 Å². The van der Waals surface area contributed by atoms with Crippen molar-refractivity contribution >= 4 is 39.9 Å². The standard InChI is InChI=1S/C32H32FN5O2.2C2HF3O2/c1-4-39-24-16-28(31(33)29(17-24)40-20(2)3)38(23-14-12-22(13-15-23)32(34)35)19-30-36-18-27(37-30)26-11-7-9-21-8-5-6-10-25(21)26;2*3-2(4,5)1(6)7/h5-18,20H,4,19H2,1-3H3,(H3,34,35)(H,36,37);2*(H,6,7). The maximum atomic E-state index is 16.0. The van der Waals surface area contributed by atoms with Crippen molar-refractivity contribution in [3.05, 3.63) is 102 Å². The first-order chi connectivity index (χ1) is 25.2. The molecule has 54 heavy (non-hydrogen) atoms. The SMILES string of the molecule is CCOc1cc(OC(C)C)c(F)c(N(Cc2ncc(-c3cccc4ccccc34)[nH]2)c2ccc(C(=N)N)cc2)c1.O=C(O)C(F)(F)F.O=C(O)C(F)(F)F. The van der Waals surface area contributed by atoms with E-state index in [1.54, 1.807) is 47.5 Å². The molecule has 0 aliphatic rings. The van der Waals surface area contributed by atoms with E-state index in [0.29, 0.717) is 29.4 Å². The van der Waals surface area contributed by atoms with Gasteiger partial charge in [-0.05, 0) is 55.8 Å². The highest BCUT2D eigenvalue weighted by molar-refractivity contribution is 5.96. The molecule has 0 aliphatic heterocycles. The lowest BCUT2D eigenvalue weighted by molar-refractivity contribution is -0.193. The number of carboxylic acid groups (broad SMARTS) is 2. The molecule has 11 nitrogen and oxygen atoms in total. The molecule has 5 rings (SSSR count). The molecule has 18 heteroatoms. The summed E-state index contributed by atoms with van der Waals surface area (Å²) in [6.07, 6.45) is -8.59. The summed E-state index contributed by atoms with van der Waals surface area (Å²) in [6, 6.07) is 24.7. The van der Waals surface area contributed by atoms with E-state index in [2.05, 4.69) is 34.2 Å². The van der Waals surface area contributed by atoms with Crippen molar-refractivity contribution in [3.8, 4) is 22.8 Å². The zero-order valence-electron chi connectivity index (χ0n) is 28.7. The number of fused-ring (bicyclic) bond motifs is 1. The molecule has 1 heterocycles.